The maximum absolute atomic E-state index is 11.8. The molecule has 18 heavy (non-hydrogen) atoms. The Hall–Kier alpha value is -0.490. The Kier molecular flexibility index (Phi) is 6.21. The van der Waals surface area contributed by atoms with Crippen LogP contribution in [0, 0.1) is 9.49 Å². The molecular weight excluding hydrogens is 363 g/mol. The van der Waals surface area contributed by atoms with E-state index >= 15 is 0 Å². The molecule has 0 heterocycles. The third-order valence-electron chi connectivity index (χ3n) is 2.38. The molecule has 0 aliphatic carbocycles. The largest absolute Gasteiger partial charge is 0.373 e. The van der Waals surface area contributed by atoms with Gasteiger partial charge in [0.15, 0.2) is 0 Å². The highest BCUT2D eigenvalue weighted by Crippen LogP contribution is 2.22. The summed E-state index contributed by atoms with van der Waals surface area (Å²) in [7, 11) is 0. The molecule has 1 atom stereocenters. The van der Waals surface area contributed by atoms with Crippen molar-refractivity contribution in [3.63, 3.8) is 0 Å². The number of rotatable bonds is 5. The van der Waals surface area contributed by atoms with Gasteiger partial charge in [-0.05, 0) is 53.6 Å². The van der Waals surface area contributed by atoms with E-state index in [0.717, 1.165) is 9.26 Å². The number of hydrogen-bond acceptors (Lipinski definition) is 2. The molecule has 0 spiro atoms. The van der Waals surface area contributed by atoms with Gasteiger partial charge in [-0.3, -0.25) is 4.79 Å². The Labute approximate surface area is 127 Å². The first kappa shape index (κ1) is 15.6. The zero-order chi connectivity index (χ0) is 13.7. The maximum Gasteiger partial charge on any atom is 0.242 e. The van der Waals surface area contributed by atoms with Crippen molar-refractivity contribution in [1.82, 2.24) is 5.32 Å². The minimum Gasteiger partial charge on any atom is -0.373 e. The van der Waals surface area contributed by atoms with Crippen molar-refractivity contribution in [1.29, 1.82) is 0 Å². The minimum atomic E-state index is -0.265. The number of carbonyl (C=O) groups is 1. The molecule has 1 amide bonds. The molecule has 0 radical (unpaired) electrons. The summed E-state index contributed by atoms with van der Waals surface area (Å²) in [6.45, 7) is 6.68. The first-order chi connectivity index (χ1) is 8.40. The van der Waals surface area contributed by atoms with E-state index in [1.807, 2.05) is 25.1 Å². The van der Waals surface area contributed by atoms with Crippen LogP contribution in [0.1, 0.15) is 20.8 Å². The van der Waals surface area contributed by atoms with Crippen LogP contribution in [0.3, 0.4) is 0 Å². The molecule has 0 saturated heterocycles. The highest BCUT2D eigenvalue weighted by Gasteiger charge is 2.13. The molecule has 1 aromatic rings. The molecule has 3 nitrogen and oxygen atoms in total. The molecule has 0 bridgehead atoms. The Bertz CT molecular complexity index is 423. The van der Waals surface area contributed by atoms with Crippen LogP contribution in [0.2, 0.25) is 5.02 Å². The highest BCUT2D eigenvalue weighted by molar-refractivity contribution is 14.1. The second-order valence-corrected chi connectivity index (χ2v) is 6.23. The Morgan fingerprint density at radius 3 is 2.61 bits per heavy atom. The zero-order valence-corrected chi connectivity index (χ0v) is 13.7. The molecule has 0 fully saturated rings. The standard InChI is InChI=1S/C13H18ClIN2O/c1-8(2)7-16-13(18)9(3)17-12-5-4-10(14)6-11(12)15/h4-6,8-9,17H,7H2,1-3H3,(H,16,18). The van der Waals surface area contributed by atoms with Gasteiger partial charge in [-0.1, -0.05) is 25.4 Å². The molecular formula is C13H18ClIN2O. The van der Waals surface area contributed by atoms with Gasteiger partial charge in [0.1, 0.15) is 6.04 Å². The number of anilines is 1. The van der Waals surface area contributed by atoms with Gasteiger partial charge in [0.05, 0.1) is 0 Å². The van der Waals surface area contributed by atoms with E-state index in [1.165, 1.54) is 0 Å². The third-order valence-corrected chi connectivity index (χ3v) is 3.51. The fourth-order valence-corrected chi connectivity index (χ4v) is 2.39. The summed E-state index contributed by atoms with van der Waals surface area (Å²) in [5.74, 6) is 0.464. The average Bonchev–Trinajstić information content (AvgIpc) is 2.29. The molecule has 0 aromatic heterocycles. The van der Waals surface area contributed by atoms with Gasteiger partial charge in [0, 0.05) is 20.8 Å². The van der Waals surface area contributed by atoms with E-state index in [0.29, 0.717) is 17.5 Å². The van der Waals surface area contributed by atoms with Gasteiger partial charge in [0.2, 0.25) is 5.91 Å². The van der Waals surface area contributed by atoms with Gasteiger partial charge in [-0.25, -0.2) is 0 Å². The number of benzene rings is 1. The van der Waals surface area contributed by atoms with Crippen molar-refractivity contribution in [2.45, 2.75) is 26.8 Å². The average molecular weight is 381 g/mol. The summed E-state index contributed by atoms with van der Waals surface area (Å²) in [4.78, 5) is 11.8. The summed E-state index contributed by atoms with van der Waals surface area (Å²) < 4.78 is 1.00. The van der Waals surface area contributed by atoms with E-state index in [-0.39, 0.29) is 11.9 Å². The topological polar surface area (TPSA) is 41.1 Å². The molecule has 0 saturated carbocycles. The lowest BCUT2D eigenvalue weighted by Crippen LogP contribution is -2.39. The second-order valence-electron chi connectivity index (χ2n) is 4.63. The number of hydrogen-bond donors (Lipinski definition) is 2. The predicted molar refractivity (Wildman–Crippen MR) is 85.1 cm³/mol. The lowest BCUT2D eigenvalue weighted by Gasteiger charge is -2.17. The van der Waals surface area contributed by atoms with E-state index < -0.39 is 0 Å². The lowest BCUT2D eigenvalue weighted by atomic mass is 10.2. The Balaban J connectivity index is 2.58. The SMILES string of the molecule is CC(C)CNC(=O)C(C)Nc1ccc(Cl)cc1I. The fraction of sp³-hybridized carbons (Fsp3) is 0.462. The molecule has 1 aromatic carbocycles. The van der Waals surface area contributed by atoms with Gasteiger partial charge in [-0.2, -0.15) is 0 Å². The monoisotopic (exact) mass is 380 g/mol. The van der Waals surface area contributed by atoms with Crippen LogP contribution in [-0.4, -0.2) is 18.5 Å². The number of amides is 1. The fourth-order valence-electron chi connectivity index (χ4n) is 1.36. The zero-order valence-electron chi connectivity index (χ0n) is 10.8. The van der Waals surface area contributed by atoms with E-state index in [2.05, 4.69) is 47.1 Å². The minimum absolute atomic E-state index is 0.00875. The molecule has 1 unspecified atom stereocenters. The van der Waals surface area contributed by atoms with Crippen molar-refractivity contribution in [3.8, 4) is 0 Å². The summed E-state index contributed by atoms with van der Waals surface area (Å²) in [6, 6.07) is 5.29. The van der Waals surface area contributed by atoms with E-state index in [4.69, 9.17) is 11.6 Å². The number of halogens is 2. The molecule has 1 rings (SSSR count). The van der Waals surface area contributed by atoms with Crippen LogP contribution in [0.4, 0.5) is 5.69 Å². The Morgan fingerprint density at radius 2 is 2.06 bits per heavy atom. The van der Waals surface area contributed by atoms with Gasteiger partial charge in [0.25, 0.3) is 0 Å². The van der Waals surface area contributed by atoms with Gasteiger partial charge in [-0.15, -0.1) is 0 Å². The van der Waals surface area contributed by atoms with Crippen molar-refractivity contribution >= 4 is 45.8 Å². The highest BCUT2D eigenvalue weighted by atomic mass is 127. The lowest BCUT2D eigenvalue weighted by molar-refractivity contribution is -0.121. The second kappa shape index (κ2) is 7.19. The molecule has 0 aliphatic rings. The van der Waals surface area contributed by atoms with Gasteiger partial charge < -0.3 is 10.6 Å². The quantitative estimate of drug-likeness (QED) is 0.768. The van der Waals surface area contributed by atoms with Crippen LogP contribution in [-0.2, 0) is 4.79 Å². The van der Waals surface area contributed by atoms with Gasteiger partial charge >= 0.3 is 0 Å². The molecule has 2 N–H and O–H groups in total. The summed E-state index contributed by atoms with van der Waals surface area (Å²) in [5.41, 5.74) is 0.923. The summed E-state index contributed by atoms with van der Waals surface area (Å²) >= 11 is 8.08. The molecule has 0 aliphatic heterocycles. The van der Waals surface area contributed by atoms with Crippen molar-refractivity contribution < 1.29 is 4.79 Å². The van der Waals surface area contributed by atoms with E-state index in [9.17, 15) is 4.79 Å². The van der Waals surface area contributed by atoms with Crippen LogP contribution in [0.15, 0.2) is 18.2 Å². The third kappa shape index (κ3) is 5.02. The van der Waals surface area contributed by atoms with Crippen LogP contribution >= 0.6 is 34.2 Å². The Morgan fingerprint density at radius 1 is 1.39 bits per heavy atom. The van der Waals surface area contributed by atoms with Crippen molar-refractivity contribution in [3.05, 3.63) is 26.8 Å². The normalized spacial score (nSPS) is 12.3. The predicted octanol–water partition coefficient (Wildman–Crippen LogP) is 3.52. The number of carbonyl (C=O) groups excluding carboxylic acids is 1. The van der Waals surface area contributed by atoms with Crippen LogP contribution < -0.4 is 10.6 Å². The van der Waals surface area contributed by atoms with Crippen molar-refractivity contribution in [2.24, 2.45) is 5.92 Å². The van der Waals surface area contributed by atoms with Crippen molar-refractivity contribution in [2.75, 3.05) is 11.9 Å². The molecule has 5 heteroatoms. The van der Waals surface area contributed by atoms with Crippen LogP contribution in [0.5, 0.6) is 0 Å². The summed E-state index contributed by atoms with van der Waals surface area (Å²) in [5, 5.41) is 6.78. The first-order valence-electron chi connectivity index (χ1n) is 5.89. The van der Waals surface area contributed by atoms with Crippen LogP contribution in [0.25, 0.3) is 0 Å². The maximum atomic E-state index is 11.8. The molecule has 100 valence electrons. The number of nitrogens with one attached hydrogen (secondary N) is 2. The smallest absolute Gasteiger partial charge is 0.242 e. The van der Waals surface area contributed by atoms with E-state index in [1.54, 1.807) is 0 Å². The first-order valence-corrected chi connectivity index (χ1v) is 7.35. The summed E-state index contributed by atoms with van der Waals surface area (Å²) in [6.07, 6.45) is 0.